The average Bonchev–Trinajstić information content (AvgIpc) is 2.85. The molecule has 0 amide bonds. The van der Waals surface area contributed by atoms with E-state index in [1.165, 1.54) is 17.4 Å². The topological polar surface area (TPSA) is 37.2 Å². The fourth-order valence-corrected chi connectivity index (χ4v) is 2.41. The molecule has 2 rings (SSSR count). The average molecular weight is 260 g/mol. The molecule has 1 unspecified atom stereocenters. The lowest BCUT2D eigenvalue weighted by Gasteiger charge is -2.14. The minimum absolute atomic E-state index is 0.714. The molecule has 3 heteroatoms. The van der Waals surface area contributed by atoms with Gasteiger partial charge in [-0.3, -0.25) is 0 Å². The summed E-state index contributed by atoms with van der Waals surface area (Å²) in [4.78, 5) is 0. The van der Waals surface area contributed by atoms with Crippen molar-refractivity contribution in [1.29, 1.82) is 0 Å². The van der Waals surface area contributed by atoms with Crippen LogP contribution in [0.15, 0.2) is 34.9 Å². The highest BCUT2D eigenvalue weighted by Gasteiger charge is 2.06. The first-order valence-electron chi connectivity index (χ1n) is 7.15. The van der Waals surface area contributed by atoms with Crippen LogP contribution in [0.4, 0.5) is 0 Å². The van der Waals surface area contributed by atoms with Gasteiger partial charge in [0.15, 0.2) is 0 Å². The Bertz CT molecular complexity index is 492. The Morgan fingerprint density at radius 2 is 2.05 bits per heavy atom. The predicted octanol–water partition coefficient (Wildman–Crippen LogP) is 2.81. The van der Waals surface area contributed by atoms with E-state index in [0.717, 1.165) is 31.6 Å². The van der Waals surface area contributed by atoms with Gasteiger partial charge >= 0.3 is 0 Å². The molecular weight excluding hydrogens is 236 g/mol. The first kappa shape index (κ1) is 14.1. The largest absolute Gasteiger partial charge is 0.464 e. The summed E-state index contributed by atoms with van der Waals surface area (Å²) < 4.78 is 5.55. The molecular formula is C16H24N2O. The number of benzene rings is 1. The maximum Gasteiger partial charge on any atom is 0.134 e. The van der Waals surface area contributed by atoms with Gasteiger partial charge in [0.05, 0.1) is 6.26 Å². The lowest BCUT2D eigenvalue weighted by molar-refractivity contribution is 0.447. The summed E-state index contributed by atoms with van der Waals surface area (Å²) in [5.74, 6) is 0.714. The van der Waals surface area contributed by atoms with Gasteiger partial charge in [-0.2, -0.15) is 0 Å². The van der Waals surface area contributed by atoms with Gasteiger partial charge in [-0.1, -0.05) is 31.5 Å². The van der Waals surface area contributed by atoms with Gasteiger partial charge in [0, 0.05) is 5.39 Å². The molecule has 0 aliphatic heterocycles. The molecule has 1 aromatic heterocycles. The van der Waals surface area contributed by atoms with E-state index in [4.69, 9.17) is 4.42 Å². The molecule has 0 fully saturated rings. The third kappa shape index (κ3) is 3.82. The molecule has 2 aromatic rings. The van der Waals surface area contributed by atoms with E-state index in [1.807, 2.05) is 25.4 Å². The van der Waals surface area contributed by atoms with Crippen LogP contribution in [0.25, 0.3) is 11.0 Å². The van der Waals surface area contributed by atoms with E-state index in [9.17, 15) is 0 Å². The lowest BCUT2D eigenvalue weighted by Crippen LogP contribution is -2.30. The number of fused-ring (bicyclic) bond motifs is 1. The lowest BCUT2D eigenvalue weighted by atomic mass is 10.1. The highest BCUT2D eigenvalue weighted by atomic mass is 16.3. The number of hydrogen-bond donors (Lipinski definition) is 2. The molecule has 1 aromatic carbocycles. The molecule has 1 atom stereocenters. The quantitative estimate of drug-likeness (QED) is 0.717. The van der Waals surface area contributed by atoms with Crippen LogP contribution in [0.2, 0.25) is 0 Å². The van der Waals surface area contributed by atoms with Crippen molar-refractivity contribution in [3.05, 3.63) is 36.1 Å². The summed E-state index contributed by atoms with van der Waals surface area (Å²) in [6.45, 7) is 5.41. The maximum atomic E-state index is 5.55. The Kier molecular flexibility index (Phi) is 5.43. The Morgan fingerprint density at radius 1 is 1.21 bits per heavy atom. The van der Waals surface area contributed by atoms with Crippen LogP contribution < -0.4 is 10.6 Å². The van der Waals surface area contributed by atoms with Gasteiger partial charge in [0.2, 0.25) is 0 Å². The summed E-state index contributed by atoms with van der Waals surface area (Å²) >= 11 is 0. The van der Waals surface area contributed by atoms with Gasteiger partial charge in [0.1, 0.15) is 5.58 Å². The van der Waals surface area contributed by atoms with Gasteiger partial charge < -0.3 is 15.1 Å². The molecule has 1 heterocycles. The smallest absolute Gasteiger partial charge is 0.134 e. The molecule has 0 radical (unpaired) electrons. The van der Waals surface area contributed by atoms with Crippen LogP contribution in [-0.2, 0) is 6.42 Å². The molecule has 19 heavy (non-hydrogen) atoms. The van der Waals surface area contributed by atoms with Crippen LogP contribution in [0.3, 0.4) is 0 Å². The molecule has 2 N–H and O–H groups in total. The summed E-state index contributed by atoms with van der Waals surface area (Å²) in [5, 5.41) is 8.03. The van der Waals surface area contributed by atoms with Crippen molar-refractivity contribution in [1.82, 2.24) is 10.6 Å². The Labute approximate surface area is 115 Å². The summed E-state index contributed by atoms with van der Waals surface area (Å²) in [6, 6.07) is 8.22. The van der Waals surface area contributed by atoms with Crippen molar-refractivity contribution in [2.45, 2.75) is 19.8 Å². The third-order valence-electron chi connectivity index (χ3n) is 3.64. The fraction of sp³-hybridized carbons (Fsp3) is 0.500. The Morgan fingerprint density at radius 3 is 2.84 bits per heavy atom. The second kappa shape index (κ2) is 7.31. The molecule has 0 aliphatic rings. The molecule has 0 saturated carbocycles. The van der Waals surface area contributed by atoms with Crippen molar-refractivity contribution < 1.29 is 4.42 Å². The minimum atomic E-state index is 0.714. The van der Waals surface area contributed by atoms with Gasteiger partial charge in [-0.15, -0.1) is 0 Å². The van der Waals surface area contributed by atoms with Crippen molar-refractivity contribution in [2.24, 2.45) is 5.92 Å². The molecule has 0 aliphatic carbocycles. The zero-order valence-electron chi connectivity index (χ0n) is 11.9. The standard InChI is InChI=1S/C16H24N2O/c1-3-13(10-17-2)11-18-9-8-14-12-19-16-7-5-4-6-15(14)16/h4-7,12-13,17-18H,3,8-11H2,1-2H3. The van der Waals surface area contributed by atoms with E-state index in [-0.39, 0.29) is 0 Å². The summed E-state index contributed by atoms with van der Waals surface area (Å²) in [7, 11) is 2.01. The van der Waals surface area contributed by atoms with Crippen molar-refractivity contribution in [3.8, 4) is 0 Å². The van der Waals surface area contributed by atoms with E-state index in [0.29, 0.717) is 5.92 Å². The predicted molar refractivity (Wildman–Crippen MR) is 80.5 cm³/mol. The Hall–Kier alpha value is -1.32. The molecule has 3 nitrogen and oxygen atoms in total. The first-order valence-corrected chi connectivity index (χ1v) is 7.15. The first-order chi connectivity index (χ1) is 9.35. The van der Waals surface area contributed by atoms with Crippen LogP contribution >= 0.6 is 0 Å². The van der Waals surface area contributed by atoms with Gasteiger partial charge in [-0.05, 0) is 50.7 Å². The van der Waals surface area contributed by atoms with Crippen molar-refractivity contribution >= 4 is 11.0 Å². The highest BCUT2D eigenvalue weighted by Crippen LogP contribution is 2.20. The molecule has 0 spiro atoms. The molecule has 0 bridgehead atoms. The van der Waals surface area contributed by atoms with Crippen molar-refractivity contribution in [2.75, 3.05) is 26.7 Å². The minimum Gasteiger partial charge on any atom is -0.464 e. The number of hydrogen-bond acceptors (Lipinski definition) is 3. The third-order valence-corrected chi connectivity index (χ3v) is 3.64. The number of nitrogens with one attached hydrogen (secondary N) is 2. The van der Waals surface area contributed by atoms with Crippen LogP contribution in [0.1, 0.15) is 18.9 Å². The maximum absolute atomic E-state index is 5.55. The SMILES string of the molecule is CCC(CNC)CNCCc1coc2ccccc12. The van der Waals surface area contributed by atoms with E-state index in [2.05, 4.69) is 29.7 Å². The molecule has 0 saturated heterocycles. The zero-order chi connectivity index (χ0) is 13.5. The monoisotopic (exact) mass is 260 g/mol. The van der Waals surface area contributed by atoms with Crippen LogP contribution in [-0.4, -0.2) is 26.7 Å². The highest BCUT2D eigenvalue weighted by molar-refractivity contribution is 5.80. The van der Waals surface area contributed by atoms with Gasteiger partial charge in [0.25, 0.3) is 0 Å². The Balaban J connectivity index is 1.79. The van der Waals surface area contributed by atoms with E-state index < -0.39 is 0 Å². The fourth-order valence-electron chi connectivity index (χ4n) is 2.41. The van der Waals surface area contributed by atoms with Gasteiger partial charge in [-0.25, -0.2) is 0 Å². The summed E-state index contributed by atoms with van der Waals surface area (Å²) in [5.41, 5.74) is 2.28. The van der Waals surface area contributed by atoms with Crippen molar-refractivity contribution in [3.63, 3.8) is 0 Å². The normalized spacial score (nSPS) is 12.9. The second-order valence-electron chi connectivity index (χ2n) is 5.04. The summed E-state index contributed by atoms with van der Waals surface area (Å²) in [6.07, 6.45) is 4.12. The van der Waals surface area contributed by atoms with Crippen LogP contribution in [0, 0.1) is 5.92 Å². The van der Waals surface area contributed by atoms with Crippen LogP contribution in [0.5, 0.6) is 0 Å². The molecule has 104 valence electrons. The number of rotatable bonds is 8. The number of para-hydroxylation sites is 1. The number of furan rings is 1. The second-order valence-corrected chi connectivity index (χ2v) is 5.04. The zero-order valence-corrected chi connectivity index (χ0v) is 11.9. The van der Waals surface area contributed by atoms with E-state index >= 15 is 0 Å². The van der Waals surface area contributed by atoms with E-state index in [1.54, 1.807) is 0 Å².